The van der Waals surface area contributed by atoms with Gasteiger partial charge < -0.3 is 4.57 Å². The first-order valence-electron chi connectivity index (χ1n) is 7.86. The lowest BCUT2D eigenvalue weighted by molar-refractivity contribution is 0.643. The molecule has 6 heteroatoms. The van der Waals surface area contributed by atoms with E-state index in [1.165, 1.54) is 12.8 Å². The fourth-order valence-corrected chi connectivity index (χ4v) is 4.00. The van der Waals surface area contributed by atoms with E-state index in [1.54, 1.807) is 11.8 Å². The van der Waals surface area contributed by atoms with Crippen molar-refractivity contribution in [3.8, 4) is 0 Å². The molecule has 0 N–H and O–H groups in total. The summed E-state index contributed by atoms with van der Waals surface area (Å²) in [5.41, 5.74) is 1.97. The van der Waals surface area contributed by atoms with Crippen molar-refractivity contribution in [3.63, 3.8) is 0 Å². The summed E-state index contributed by atoms with van der Waals surface area (Å²) >= 11 is 8.02. The molecule has 2 aromatic heterocycles. The molecule has 0 spiro atoms. The highest BCUT2D eigenvalue weighted by Gasteiger charge is 2.29. The summed E-state index contributed by atoms with van der Waals surface area (Å²) in [7, 11) is 0. The molecule has 0 unspecified atom stereocenters. The van der Waals surface area contributed by atoms with Crippen LogP contribution in [0, 0.1) is 0 Å². The normalized spacial score (nSPS) is 14.5. The van der Waals surface area contributed by atoms with E-state index < -0.39 is 0 Å². The standard InChI is InChI=1S/C17H17ClN4S/c1-2-22-16(11-7-8-11)20-21-17(22)23-10-13-9-12-5-3-4-6-14(12)19-15(13)18/h3-6,9,11H,2,7-8,10H2,1H3. The number of benzene rings is 1. The number of fused-ring (bicyclic) bond motifs is 1. The Morgan fingerprint density at radius 2 is 2.09 bits per heavy atom. The van der Waals surface area contributed by atoms with Crippen molar-refractivity contribution < 1.29 is 0 Å². The van der Waals surface area contributed by atoms with E-state index in [1.807, 2.05) is 18.2 Å². The molecular weight excluding hydrogens is 328 g/mol. The number of halogens is 1. The fraction of sp³-hybridized carbons (Fsp3) is 0.353. The van der Waals surface area contributed by atoms with Crippen molar-refractivity contribution in [1.82, 2.24) is 19.7 Å². The average molecular weight is 345 g/mol. The van der Waals surface area contributed by atoms with Crippen molar-refractivity contribution >= 4 is 34.3 Å². The van der Waals surface area contributed by atoms with Gasteiger partial charge in [0, 0.05) is 29.2 Å². The van der Waals surface area contributed by atoms with Crippen LogP contribution in [0.1, 0.15) is 37.1 Å². The zero-order valence-electron chi connectivity index (χ0n) is 12.9. The van der Waals surface area contributed by atoms with E-state index >= 15 is 0 Å². The van der Waals surface area contributed by atoms with Crippen LogP contribution in [-0.4, -0.2) is 19.7 Å². The Kier molecular flexibility index (Phi) is 3.99. The van der Waals surface area contributed by atoms with Gasteiger partial charge in [0.1, 0.15) is 11.0 Å². The molecule has 1 saturated carbocycles. The van der Waals surface area contributed by atoms with Crippen LogP contribution in [0.25, 0.3) is 10.9 Å². The summed E-state index contributed by atoms with van der Waals surface area (Å²) < 4.78 is 2.23. The van der Waals surface area contributed by atoms with Gasteiger partial charge in [0.15, 0.2) is 5.16 Å². The summed E-state index contributed by atoms with van der Waals surface area (Å²) in [6.07, 6.45) is 2.48. The lowest BCUT2D eigenvalue weighted by Gasteiger charge is -2.08. The molecule has 23 heavy (non-hydrogen) atoms. The van der Waals surface area contributed by atoms with Gasteiger partial charge in [0.25, 0.3) is 0 Å². The Bertz CT molecular complexity index is 857. The van der Waals surface area contributed by atoms with Crippen LogP contribution in [0.3, 0.4) is 0 Å². The third-order valence-corrected chi connectivity index (χ3v) is 5.45. The lowest BCUT2D eigenvalue weighted by atomic mass is 10.2. The summed E-state index contributed by atoms with van der Waals surface area (Å²) in [6.45, 7) is 3.05. The van der Waals surface area contributed by atoms with Crippen LogP contribution in [0.5, 0.6) is 0 Å². The summed E-state index contributed by atoms with van der Waals surface area (Å²) in [5.74, 6) is 2.50. The summed E-state index contributed by atoms with van der Waals surface area (Å²) in [5, 5.41) is 11.4. The summed E-state index contributed by atoms with van der Waals surface area (Å²) in [6, 6.07) is 10.2. The minimum Gasteiger partial charge on any atom is -0.306 e. The number of pyridine rings is 1. The van der Waals surface area contributed by atoms with Crippen LogP contribution >= 0.6 is 23.4 Å². The van der Waals surface area contributed by atoms with Crippen molar-refractivity contribution in [2.75, 3.05) is 0 Å². The maximum Gasteiger partial charge on any atom is 0.191 e. The molecule has 1 aliphatic carbocycles. The number of rotatable bonds is 5. The van der Waals surface area contributed by atoms with E-state index in [2.05, 4.69) is 38.8 Å². The first-order chi connectivity index (χ1) is 11.3. The molecule has 0 aliphatic heterocycles. The molecule has 4 rings (SSSR count). The van der Waals surface area contributed by atoms with Gasteiger partial charge in [-0.1, -0.05) is 41.6 Å². The molecule has 1 aliphatic rings. The van der Waals surface area contributed by atoms with Gasteiger partial charge in [0.05, 0.1) is 5.52 Å². The van der Waals surface area contributed by atoms with Crippen LogP contribution in [0.4, 0.5) is 0 Å². The van der Waals surface area contributed by atoms with Crippen molar-refractivity contribution in [3.05, 3.63) is 46.9 Å². The van der Waals surface area contributed by atoms with E-state index in [0.29, 0.717) is 11.1 Å². The molecule has 2 heterocycles. The maximum atomic E-state index is 6.34. The smallest absolute Gasteiger partial charge is 0.191 e. The Hall–Kier alpha value is -1.59. The van der Waals surface area contributed by atoms with Gasteiger partial charge in [-0.2, -0.15) is 0 Å². The van der Waals surface area contributed by atoms with Gasteiger partial charge in [0.2, 0.25) is 0 Å². The molecular formula is C17H17ClN4S. The van der Waals surface area contributed by atoms with Gasteiger partial charge in [-0.05, 0) is 31.9 Å². The van der Waals surface area contributed by atoms with E-state index in [0.717, 1.165) is 39.7 Å². The van der Waals surface area contributed by atoms with Gasteiger partial charge in [-0.25, -0.2) is 4.98 Å². The van der Waals surface area contributed by atoms with Crippen LogP contribution in [0.15, 0.2) is 35.5 Å². The predicted molar refractivity (Wildman–Crippen MR) is 94.0 cm³/mol. The van der Waals surface area contributed by atoms with Gasteiger partial charge in [-0.3, -0.25) is 0 Å². The van der Waals surface area contributed by atoms with E-state index in [4.69, 9.17) is 11.6 Å². The summed E-state index contributed by atoms with van der Waals surface area (Å²) in [4.78, 5) is 4.48. The molecule has 1 aromatic carbocycles. The van der Waals surface area contributed by atoms with Crippen molar-refractivity contribution in [1.29, 1.82) is 0 Å². The molecule has 0 bridgehead atoms. The molecule has 0 saturated heterocycles. The highest BCUT2D eigenvalue weighted by atomic mass is 35.5. The maximum absolute atomic E-state index is 6.34. The molecule has 3 aromatic rings. The second-order valence-corrected chi connectivity index (χ2v) is 7.08. The molecule has 0 amide bonds. The van der Waals surface area contributed by atoms with Crippen molar-refractivity contribution in [2.24, 2.45) is 0 Å². The number of aromatic nitrogens is 4. The molecule has 4 nitrogen and oxygen atoms in total. The third-order valence-electron chi connectivity index (χ3n) is 4.11. The number of hydrogen-bond donors (Lipinski definition) is 0. The van der Waals surface area contributed by atoms with Crippen LogP contribution in [-0.2, 0) is 12.3 Å². The number of para-hydroxylation sites is 1. The number of nitrogens with zero attached hydrogens (tertiary/aromatic N) is 4. The Labute approximate surface area is 144 Å². The molecule has 0 radical (unpaired) electrons. The molecule has 0 atom stereocenters. The quantitative estimate of drug-likeness (QED) is 0.498. The molecule has 118 valence electrons. The van der Waals surface area contributed by atoms with E-state index in [9.17, 15) is 0 Å². The van der Waals surface area contributed by atoms with Gasteiger partial charge in [-0.15, -0.1) is 10.2 Å². The number of hydrogen-bond acceptors (Lipinski definition) is 4. The number of thioether (sulfide) groups is 1. The topological polar surface area (TPSA) is 43.6 Å². The minimum absolute atomic E-state index is 0.571. The monoisotopic (exact) mass is 344 g/mol. The SMILES string of the molecule is CCn1c(SCc2cc3ccccc3nc2Cl)nnc1C1CC1. The highest BCUT2D eigenvalue weighted by molar-refractivity contribution is 7.98. The second-order valence-electron chi connectivity index (χ2n) is 5.78. The lowest BCUT2D eigenvalue weighted by Crippen LogP contribution is -2.02. The Morgan fingerprint density at radius 3 is 2.87 bits per heavy atom. The van der Waals surface area contributed by atoms with Gasteiger partial charge >= 0.3 is 0 Å². The molecule has 1 fully saturated rings. The largest absolute Gasteiger partial charge is 0.306 e. The minimum atomic E-state index is 0.571. The fourth-order valence-electron chi connectivity index (χ4n) is 2.73. The van der Waals surface area contributed by atoms with Crippen molar-refractivity contribution in [2.45, 2.75) is 43.1 Å². The zero-order valence-corrected chi connectivity index (χ0v) is 14.4. The predicted octanol–water partition coefficient (Wildman–Crippen LogP) is 4.67. The van der Waals surface area contributed by atoms with Crippen LogP contribution < -0.4 is 0 Å². The second kappa shape index (κ2) is 6.13. The first-order valence-corrected chi connectivity index (χ1v) is 9.22. The van der Waals surface area contributed by atoms with Crippen LogP contribution in [0.2, 0.25) is 5.15 Å². The Morgan fingerprint density at radius 1 is 1.26 bits per heavy atom. The Balaban J connectivity index is 1.58. The third kappa shape index (κ3) is 2.95. The highest BCUT2D eigenvalue weighted by Crippen LogP contribution is 2.40. The zero-order chi connectivity index (χ0) is 15.8. The first kappa shape index (κ1) is 15.0. The average Bonchev–Trinajstić information content (AvgIpc) is 3.33. The van der Waals surface area contributed by atoms with E-state index in [-0.39, 0.29) is 0 Å².